The topological polar surface area (TPSA) is 161 Å². The first-order chi connectivity index (χ1) is 11.8. The van der Waals surface area contributed by atoms with E-state index in [1.165, 1.54) is 0 Å². The Morgan fingerprint density at radius 3 is 0.842 bits per heavy atom. The number of primary amides is 2. The molecule has 0 fully saturated rings. The Morgan fingerprint density at radius 2 is 0.763 bits per heavy atom. The SMILES string of the molecule is C.C.C.C.C.C.C.C.C.C.C.C.CCC(C)C(=O)O.CCC(C)C(N)=O.CCC(CC(C)C(=O)O)C(N)=O. The van der Waals surface area contributed by atoms with Gasteiger partial charge in [-0.15, -0.1) is 0 Å². The largest absolute Gasteiger partial charge is 0.481 e. The fourth-order valence-electron chi connectivity index (χ4n) is 1.39. The molecule has 0 aromatic rings. The number of rotatable bonds is 9. The van der Waals surface area contributed by atoms with Gasteiger partial charge in [-0.05, 0) is 25.7 Å². The van der Waals surface area contributed by atoms with Gasteiger partial charge in [0.05, 0.1) is 11.8 Å². The predicted molar refractivity (Wildman–Crippen MR) is 181 cm³/mol. The Labute approximate surface area is 244 Å². The molecule has 38 heavy (non-hydrogen) atoms. The highest BCUT2D eigenvalue weighted by atomic mass is 16.4. The molecule has 0 saturated carbocycles. The summed E-state index contributed by atoms with van der Waals surface area (Å²) in [5.74, 6) is -3.15. The van der Waals surface area contributed by atoms with Crippen LogP contribution in [0.2, 0.25) is 0 Å². The fraction of sp³-hybridized carbons (Fsp3) is 0.867. The molecule has 0 saturated heterocycles. The van der Waals surface area contributed by atoms with Crippen LogP contribution in [0.4, 0.5) is 0 Å². The van der Waals surface area contributed by atoms with Gasteiger partial charge in [0.15, 0.2) is 0 Å². The number of carbonyl (C=O) groups is 4. The van der Waals surface area contributed by atoms with Gasteiger partial charge in [-0.3, -0.25) is 19.2 Å². The van der Waals surface area contributed by atoms with Crippen molar-refractivity contribution in [3.05, 3.63) is 0 Å². The van der Waals surface area contributed by atoms with Crippen LogP contribution in [0.5, 0.6) is 0 Å². The summed E-state index contributed by atoms with van der Waals surface area (Å²) in [5, 5.41) is 16.7. The van der Waals surface area contributed by atoms with Crippen molar-refractivity contribution in [2.75, 3.05) is 0 Å². The lowest BCUT2D eigenvalue weighted by molar-refractivity contribution is -0.142. The monoisotopic (exact) mass is 569 g/mol. The van der Waals surface area contributed by atoms with Crippen LogP contribution < -0.4 is 11.5 Å². The first kappa shape index (κ1) is 100. The van der Waals surface area contributed by atoms with Crippen LogP contribution in [-0.2, 0) is 19.2 Å². The third-order valence-electron chi connectivity index (χ3n) is 4.09. The Hall–Kier alpha value is -2.12. The first-order valence-corrected chi connectivity index (χ1v) is 8.89. The van der Waals surface area contributed by atoms with Crippen molar-refractivity contribution in [3.63, 3.8) is 0 Å². The van der Waals surface area contributed by atoms with Crippen LogP contribution in [0.3, 0.4) is 0 Å². The number of carboxylic acid groups (broad SMARTS) is 2. The molecule has 0 radical (unpaired) electrons. The number of aliphatic carboxylic acids is 2. The van der Waals surface area contributed by atoms with Gasteiger partial charge in [0.2, 0.25) is 11.8 Å². The number of hydrogen-bond acceptors (Lipinski definition) is 4. The lowest BCUT2D eigenvalue weighted by Gasteiger charge is -2.12. The quantitative estimate of drug-likeness (QED) is 0.216. The molecule has 6 N–H and O–H groups in total. The molecule has 8 nitrogen and oxygen atoms in total. The molecule has 0 aliphatic heterocycles. The van der Waals surface area contributed by atoms with Crippen LogP contribution in [-0.4, -0.2) is 34.0 Å². The molecular formula is C30H84N2O6. The van der Waals surface area contributed by atoms with Crippen molar-refractivity contribution in [1.82, 2.24) is 0 Å². The maximum atomic E-state index is 10.7. The van der Waals surface area contributed by atoms with Gasteiger partial charge in [0, 0.05) is 11.8 Å². The summed E-state index contributed by atoms with van der Waals surface area (Å²) in [5.41, 5.74) is 9.97. The van der Waals surface area contributed by atoms with E-state index in [4.69, 9.17) is 21.7 Å². The molecule has 0 rings (SSSR count). The molecule has 0 aromatic heterocycles. The average Bonchev–Trinajstić information content (AvgIpc) is 2.58. The van der Waals surface area contributed by atoms with E-state index in [1.807, 2.05) is 27.7 Å². The average molecular weight is 569 g/mol. The maximum Gasteiger partial charge on any atom is 0.306 e. The van der Waals surface area contributed by atoms with E-state index in [9.17, 15) is 19.2 Å². The smallest absolute Gasteiger partial charge is 0.306 e. The van der Waals surface area contributed by atoms with Crippen molar-refractivity contribution in [2.24, 2.45) is 35.1 Å². The second kappa shape index (κ2) is 59.8. The molecule has 0 heterocycles. The van der Waals surface area contributed by atoms with Crippen LogP contribution in [0, 0.1) is 23.7 Å². The van der Waals surface area contributed by atoms with E-state index in [2.05, 4.69) is 0 Å². The lowest BCUT2D eigenvalue weighted by Crippen LogP contribution is -2.26. The van der Waals surface area contributed by atoms with Gasteiger partial charge >= 0.3 is 11.9 Å². The Morgan fingerprint density at radius 1 is 0.500 bits per heavy atom. The molecule has 4 unspecified atom stereocenters. The van der Waals surface area contributed by atoms with E-state index < -0.39 is 23.8 Å². The van der Waals surface area contributed by atoms with Crippen molar-refractivity contribution in [3.8, 4) is 0 Å². The van der Waals surface area contributed by atoms with E-state index in [0.717, 1.165) is 12.8 Å². The molecule has 0 aromatic carbocycles. The van der Waals surface area contributed by atoms with Gasteiger partial charge < -0.3 is 21.7 Å². The lowest BCUT2D eigenvalue weighted by atomic mass is 9.93. The van der Waals surface area contributed by atoms with Crippen molar-refractivity contribution in [1.29, 1.82) is 0 Å². The number of nitrogens with two attached hydrogens (primary N) is 2. The minimum Gasteiger partial charge on any atom is -0.481 e. The number of carbonyl (C=O) groups excluding carboxylic acids is 2. The maximum absolute atomic E-state index is 10.7. The molecule has 4 atom stereocenters. The fourth-order valence-corrected chi connectivity index (χ4v) is 1.39. The van der Waals surface area contributed by atoms with Crippen molar-refractivity contribution >= 4 is 23.8 Å². The van der Waals surface area contributed by atoms with Gasteiger partial charge in [-0.25, -0.2) is 0 Å². The van der Waals surface area contributed by atoms with E-state index >= 15 is 0 Å². The zero-order valence-corrected chi connectivity index (χ0v) is 16.8. The highest BCUT2D eigenvalue weighted by molar-refractivity contribution is 5.78. The molecule has 0 bridgehead atoms. The van der Waals surface area contributed by atoms with Crippen LogP contribution in [0.15, 0.2) is 0 Å². The molecule has 0 aliphatic rings. The summed E-state index contributed by atoms with van der Waals surface area (Å²) in [7, 11) is 0. The van der Waals surface area contributed by atoms with Crippen LogP contribution >= 0.6 is 0 Å². The van der Waals surface area contributed by atoms with E-state index in [0.29, 0.717) is 12.8 Å². The highest BCUT2D eigenvalue weighted by Crippen LogP contribution is 2.14. The standard InChI is InChI=1S/C8H15NO3.C5H11NO.C5H10O2.12CH4/c1-3-6(7(9)10)4-5(2)8(11)12;2*1-3-4(2)5(6)7;;;;;;;;;;;;/h5-6H,3-4H2,1-2H3,(H2,9,10)(H,11,12);4H,3H2,1-2H3,(H2,6,7);4H,3H2,1-2H3,(H,6,7);12*1H4. The number of carboxylic acids is 2. The summed E-state index contributed by atoms with van der Waals surface area (Å²) in [4.78, 5) is 41.2. The predicted octanol–water partition coefficient (Wildman–Crippen LogP) is 9.88. The zero-order valence-electron chi connectivity index (χ0n) is 16.8. The Bertz CT molecular complexity index is 424. The summed E-state index contributed by atoms with van der Waals surface area (Å²) >= 11 is 0. The second-order valence-electron chi connectivity index (χ2n) is 6.34. The third kappa shape index (κ3) is 64.2. The number of hydrogen-bond donors (Lipinski definition) is 4. The van der Waals surface area contributed by atoms with E-state index in [1.54, 1.807) is 13.8 Å². The number of amides is 2. The van der Waals surface area contributed by atoms with Crippen LogP contribution in [0.1, 0.15) is 156 Å². The first-order valence-electron chi connectivity index (χ1n) is 8.89. The molecule has 0 aliphatic carbocycles. The normalized spacial score (nSPS) is 9.74. The second-order valence-corrected chi connectivity index (χ2v) is 6.34. The van der Waals surface area contributed by atoms with Gasteiger partial charge in [-0.2, -0.15) is 0 Å². The highest BCUT2D eigenvalue weighted by Gasteiger charge is 2.20. The molecule has 0 spiro atoms. The van der Waals surface area contributed by atoms with Gasteiger partial charge in [0.1, 0.15) is 0 Å². The summed E-state index contributed by atoms with van der Waals surface area (Å²) < 4.78 is 0. The van der Waals surface area contributed by atoms with E-state index in [-0.39, 0.29) is 113 Å². The zero-order chi connectivity index (χ0) is 21.4. The van der Waals surface area contributed by atoms with Gasteiger partial charge in [-0.1, -0.05) is 131 Å². The Balaban J connectivity index is -0.0000000143. The third-order valence-corrected chi connectivity index (χ3v) is 4.09. The molecular weight excluding hydrogens is 484 g/mol. The summed E-state index contributed by atoms with van der Waals surface area (Å²) in [6, 6.07) is 0. The molecule has 8 heteroatoms. The minimum absolute atomic E-state index is 0. The molecule has 2 amide bonds. The van der Waals surface area contributed by atoms with Crippen molar-refractivity contribution in [2.45, 2.75) is 156 Å². The van der Waals surface area contributed by atoms with Crippen molar-refractivity contribution < 1.29 is 29.4 Å². The Kier molecular flexibility index (Phi) is 158. The summed E-state index contributed by atoms with van der Waals surface area (Å²) in [6.45, 7) is 10.7. The van der Waals surface area contributed by atoms with Crippen LogP contribution in [0.25, 0.3) is 0 Å². The molecule has 250 valence electrons. The minimum atomic E-state index is -0.880. The summed E-state index contributed by atoms with van der Waals surface area (Å²) in [6.07, 6.45) is 2.50. The van der Waals surface area contributed by atoms with Gasteiger partial charge in [0.25, 0.3) is 0 Å².